The number of benzene rings is 3. The van der Waals surface area contributed by atoms with E-state index in [0.29, 0.717) is 23.4 Å². The molecule has 8 nitrogen and oxygen atoms in total. The van der Waals surface area contributed by atoms with E-state index in [1.165, 1.54) is 16.9 Å². The van der Waals surface area contributed by atoms with Gasteiger partial charge in [0.15, 0.2) is 11.5 Å². The highest BCUT2D eigenvalue weighted by atomic mass is 127. The molecule has 7 rings (SSSR count). The second-order valence-electron chi connectivity index (χ2n) is 11.6. The Hall–Kier alpha value is -2.97. The number of allylic oxidation sites excluding steroid dienone is 2. The maximum absolute atomic E-state index is 14.2. The summed E-state index contributed by atoms with van der Waals surface area (Å²) in [6.45, 7) is 0. The van der Waals surface area contributed by atoms with Crippen molar-refractivity contribution in [1.29, 1.82) is 0 Å². The zero-order chi connectivity index (χ0) is 31.0. The molecule has 2 heterocycles. The number of halogens is 3. The Balaban J connectivity index is 1.35. The van der Waals surface area contributed by atoms with Crippen LogP contribution in [0.5, 0.6) is 11.5 Å². The van der Waals surface area contributed by atoms with Crippen LogP contribution >= 0.6 is 56.8 Å². The molecule has 4 aliphatic rings. The Morgan fingerprint density at radius 3 is 1.89 bits per heavy atom. The van der Waals surface area contributed by atoms with Gasteiger partial charge >= 0.3 is 0 Å². The molecular weight excluding hydrogens is 810 g/mol. The minimum absolute atomic E-state index is 0.0515. The van der Waals surface area contributed by atoms with Crippen molar-refractivity contribution in [2.24, 2.45) is 29.6 Å². The summed E-state index contributed by atoms with van der Waals surface area (Å²) in [5.41, 5.74) is 2.45. The fourth-order valence-electron chi connectivity index (χ4n) is 7.58. The van der Waals surface area contributed by atoms with Crippen molar-refractivity contribution in [2.45, 2.75) is 18.8 Å². The van der Waals surface area contributed by atoms with Gasteiger partial charge in [-0.25, -0.2) is 0 Å². The Kier molecular flexibility index (Phi) is 7.52. The molecular formula is C33H25ClI2N2O6. The van der Waals surface area contributed by atoms with Crippen molar-refractivity contribution in [3.8, 4) is 11.5 Å². The van der Waals surface area contributed by atoms with Gasteiger partial charge in [-0.05, 0) is 130 Å². The minimum atomic E-state index is -0.759. The molecule has 2 aliphatic heterocycles. The number of hydrogen-bond acceptors (Lipinski definition) is 6. The van der Waals surface area contributed by atoms with Gasteiger partial charge < -0.3 is 9.84 Å². The molecule has 1 saturated carbocycles. The van der Waals surface area contributed by atoms with Crippen LogP contribution in [0.25, 0.3) is 0 Å². The molecule has 224 valence electrons. The number of fused-ring (bicyclic) bond motifs is 4. The Bertz CT molecular complexity index is 1780. The van der Waals surface area contributed by atoms with Crippen LogP contribution in [-0.4, -0.2) is 35.8 Å². The molecule has 0 unspecified atom stereocenters. The molecule has 0 aromatic heterocycles. The van der Waals surface area contributed by atoms with Crippen LogP contribution in [0.3, 0.4) is 0 Å². The second-order valence-corrected chi connectivity index (χ2v) is 14.5. The number of aromatic hydroxyl groups is 1. The Morgan fingerprint density at radius 1 is 0.773 bits per heavy atom. The lowest BCUT2D eigenvalue weighted by Gasteiger charge is -2.44. The summed E-state index contributed by atoms with van der Waals surface area (Å²) >= 11 is 10.8. The monoisotopic (exact) mass is 834 g/mol. The molecule has 3 aromatic rings. The maximum Gasteiger partial charge on any atom is 0.238 e. The summed E-state index contributed by atoms with van der Waals surface area (Å²) < 4.78 is 7.36. The topological polar surface area (TPSA) is 104 Å². The van der Waals surface area contributed by atoms with Gasteiger partial charge in [-0.3, -0.25) is 29.0 Å². The quantitative estimate of drug-likeness (QED) is 0.188. The van der Waals surface area contributed by atoms with E-state index in [0.717, 1.165) is 12.7 Å². The molecule has 2 aliphatic carbocycles. The van der Waals surface area contributed by atoms with Crippen LogP contribution in [0.1, 0.15) is 24.3 Å². The van der Waals surface area contributed by atoms with E-state index in [4.69, 9.17) is 16.3 Å². The SMILES string of the molecule is COc1cc([C@H]2C3=CC[C@@H]4C(=O)N(c5ccc(I)cc5)C(=O)[C@@H]4[C@@H]3C[C@H]3C(=O)N(c4ccc(I)cc4)C(=O)[C@@H]23)cc(Cl)c1O. The van der Waals surface area contributed by atoms with Gasteiger partial charge in [0.1, 0.15) is 0 Å². The summed E-state index contributed by atoms with van der Waals surface area (Å²) in [7, 11) is 1.41. The van der Waals surface area contributed by atoms with Crippen molar-refractivity contribution in [1.82, 2.24) is 0 Å². The normalized spacial score (nSPS) is 27.7. The molecule has 0 spiro atoms. The van der Waals surface area contributed by atoms with Crippen LogP contribution in [0.2, 0.25) is 5.02 Å². The van der Waals surface area contributed by atoms with Crippen molar-refractivity contribution < 1.29 is 29.0 Å². The van der Waals surface area contributed by atoms with Crippen molar-refractivity contribution >= 4 is 91.8 Å². The van der Waals surface area contributed by atoms with Gasteiger partial charge in [0.25, 0.3) is 0 Å². The number of rotatable bonds is 4. The first-order chi connectivity index (χ1) is 21.1. The third-order valence-corrected chi connectivity index (χ3v) is 11.2. The van der Waals surface area contributed by atoms with E-state index >= 15 is 0 Å². The third-order valence-electron chi connectivity index (χ3n) is 9.45. The molecule has 4 amide bonds. The van der Waals surface area contributed by atoms with Crippen LogP contribution in [-0.2, 0) is 19.2 Å². The maximum atomic E-state index is 14.2. The second kappa shape index (κ2) is 11.1. The lowest BCUT2D eigenvalue weighted by atomic mass is 9.57. The van der Waals surface area contributed by atoms with Gasteiger partial charge in [0.2, 0.25) is 23.6 Å². The number of imide groups is 2. The zero-order valence-corrected chi connectivity index (χ0v) is 28.3. The summed E-state index contributed by atoms with van der Waals surface area (Å²) in [4.78, 5) is 58.7. The van der Waals surface area contributed by atoms with Crippen molar-refractivity contribution in [2.75, 3.05) is 16.9 Å². The van der Waals surface area contributed by atoms with Crippen LogP contribution < -0.4 is 14.5 Å². The fraction of sp³-hybridized carbons (Fsp3) is 0.273. The molecule has 0 bridgehead atoms. The largest absolute Gasteiger partial charge is 0.503 e. The number of carbonyl (C=O) groups is 4. The summed E-state index contributed by atoms with van der Waals surface area (Å²) in [5.74, 6) is -5.06. The molecule has 11 heteroatoms. The first kappa shape index (κ1) is 29.7. The number of nitrogens with zero attached hydrogens (tertiary/aromatic N) is 2. The number of ether oxygens (including phenoxy) is 1. The van der Waals surface area contributed by atoms with E-state index in [1.54, 1.807) is 36.4 Å². The smallest absolute Gasteiger partial charge is 0.238 e. The average Bonchev–Trinajstić information content (AvgIpc) is 3.42. The lowest BCUT2D eigenvalue weighted by molar-refractivity contribution is -0.126. The molecule has 0 radical (unpaired) electrons. The number of phenolic OH excluding ortho intramolecular Hbond substituents is 1. The van der Waals surface area contributed by atoms with Gasteiger partial charge in [-0.1, -0.05) is 23.3 Å². The van der Waals surface area contributed by atoms with Gasteiger partial charge in [-0.15, -0.1) is 0 Å². The number of amides is 4. The number of carbonyl (C=O) groups excluding carboxylic acids is 4. The van der Waals surface area contributed by atoms with Crippen molar-refractivity contribution in [3.05, 3.63) is 90.0 Å². The van der Waals surface area contributed by atoms with E-state index in [2.05, 4.69) is 45.2 Å². The molecule has 1 N–H and O–H groups in total. The van der Waals surface area contributed by atoms with Crippen molar-refractivity contribution in [3.63, 3.8) is 0 Å². The number of phenols is 1. The van der Waals surface area contributed by atoms with E-state index in [-0.39, 0.29) is 46.6 Å². The van der Waals surface area contributed by atoms with Gasteiger partial charge in [-0.2, -0.15) is 0 Å². The molecule has 44 heavy (non-hydrogen) atoms. The highest BCUT2D eigenvalue weighted by Gasteiger charge is 2.62. The first-order valence-electron chi connectivity index (χ1n) is 14.1. The summed E-state index contributed by atoms with van der Waals surface area (Å²) in [6, 6.07) is 17.7. The van der Waals surface area contributed by atoms with E-state index in [9.17, 15) is 24.3 Å². The summed E-state index contributed by atoms with van der Waals surface area (Å²) in [6.07, 6.45) is 2.58. The van der Waals surface area contributed by atoms with E-state index in [1.807, 2.05) is 30.3 Å². The highest BCUT2D eigenvalue weighted by molar-refractivity contribution is 14.1. The zero-order valence-electron chi connectivity index (χ0n) is 23.2. The highest BCUT2D eigenvalue weighted by Crippen LogP contribution is 2.59. The predicted octanol–water partition coefficient (Wildman–Crippen LogP) is 6.31. The number of methoxy groups -OCH3 is 1. The van der Waals surface area contributed by atoms with E-state index < -0.39 is 35.5 Å². The Morgan fingerprint density at radius 2 is 1.32 bits per heavy atom. The molecule has 6 atom stereocenters. The third kappa shape index (κ3) is 4.50. The molecule has 3 fully saturated rings. The number of hydrogen-bond donors (Lipinski definition) is 1. The number of anilines is 2. The lowest BCUT2D eigenvalue weighted by Crippen LogP contribution is -2.43. The molecule has 2 saturated heterocycles. The van der Waals surface area contributed by atoms with Crippen LogP contribution in [0.4, 0.5) is 11.4 Å². The Labute approximate surface area is 285 Å². The summed E-state index contributed by atoms with van der Waals surface area (Å²) in [5, 5.41) is 10.6. The predicted molar refractivity (Wildman–Crippen MR) is 180 cm³/mol. The van der Waals surface area contributed by atoms with Crippen LogP contribution in [0.15, 0.2) is 72.3 Å². The fourth-order valence-corrected chi connectivity index (χ4v) is 8.52. The first-order valence-corrected chi connectivity index (χ1v) is 16.7. The van der Waals surface area contributed by atoms with Crippen LogP contribution in [0, 0.1) is 36.7 Å². The minimum Gasteiger partial charge on any atom is -0.503 e. The molecule has 3 aromatic carbocycles. The van der Waals surface area contributed by atoms with Gasteiger partial charge in [0.05, 0.1) is 47.2 Å². The average molecular weight is 835 g/mol. The van der Waals surface area contributed by atoms with Gasteiger partial charge in [0, 0.05) is 13.1 Å². The standard InChI is InChI=1S/C33H25ClI2N2O6/c1-44-25-13-15(12-24(34)29(25)39)26-20-10-11-21-27(32(42)37(30(21)40)18-6-2-16(35)3-7-18)22(20)14-23-28(26)33(43)38(31(23)41)19-8-4-17(36)5-9-19/h2-10,12-13,21-23,26-28,39H,11,14H2,1H3/t21-,22+,23+,26-,27-,28+/m0/s1.